The molecular formula is C19H26S3. The van der Waals surface area contributed by atoms with E-state index in [4.69, 9.17) is 0 Å². The Balaban J connectivity index is 0.000000166. The van der Waals surface area contributed by atoms with Gasteiger partial charge in [0.05, 0.1) is 0 Å². The molecule has 120 valence electrons. The molecule has 0 unspecified atom stereocenters. The summed E-state index contributed by atoms with van der Waals surface area (Å²) in [6.45, 7) is 6.55. The molecule has 0 amide bonds. The summed E-state index contributed by atoms with van der Waals surface area (Å²) in [7, 11) is 0. The van der Waals surface area contributed by atoms with Crippen molar-refractivity contribution < 1.29 is 0 Å². The zero-order chi connectivity index (χ0) is 16.0. The van der Waals surface area contributed by atoms with E-state index in [1.807, 2.05) is 22.7 Å². The molecule has 0 aromatic carbocycles. The molecule has 0 radical (unpaired) electrons. The molecule has 0 saturated carbocycles. The lowest BCUT2D eigenvalue weighted by Crippen LogP contribution is -1.71. The van der Waals surface area contributed by atoms with E-state index in [2.05, 4.69) is 72.6 Å². The molecular weight excluding hydrogens is 324 g/mol. The van der Waals surface area contributed by atoms with Gasteiger partial charge in [-0.2, -0.15) is 11.3 Å². The van der Waals surface area contributed by atoms with Crippen LogP contribution in [0.2, 0.25) is 0 Å². The van der Waals surface area contributed by atoms with E-state index in [-0.39, 0.29) is 0 Å². The highest BCUT2D eigenvalue weighted by Crippen LogP contribution is 2.09. The van der Waals surface area contributed by atoms with Gasteiger partial charge in [-0.1, -0.05) is 39.3 Å². The van der Waals surface area contributed by atoms with Crippen LogP contribution in [0, 0.1) is 0 Å². The van der Waals surface area contributed by atoms with Crippen molar-refractivity contribution in [3.05, 3.63) is 67.2 Å². The molecule has 0 N–H and O–H groups in total. The summed E-state index contributed by atoms with van der Waals surface area (Å²) >= 11 is 5.43. The van der Waals surface area contributed by atoms with Gasteiger partial charge in [-0.05, 0) is 64.5 Å². The average Bonchev–Trinajstić information content (AvgIpc) is 3.30. The minimum absolute atomic E-state index is 1.17. The van der Waals surface area contributed by atoms with E-state index in [0.717, 1.165) is 0 Å². The number of rotatable bonds is 4. The first-order valence-corrected chi connectivity index (χ1v) is 10.6. The van der Waals surface area contributed by atoms with E-state index < -0.39 is 0 Å². The van der Waals surface area contributed by atoms with Crippen LogP contribution in [0.1, 0.15) is 42.5 Å². The molecule has 3 rings (SSSR count). The first kappa shape index (κ1) is 19.1. The van der Waals surface area contributed by atoms with Crippen LogP contribution < -0.4 is 0 Å². The van der Waals surface area contributed by atoms with Gasteiger partial charge in [0.15, 0.2) is 0 Å². The summed E-state index contributed by atoms with van der Waals surface area (Å²) in [5, 5.41) is 8.53. The quantitative estimate of drug-likeness (QED) is 0.462. The largest absolute Gasteiger partial charge is 0.152 e. The van der Waals surface area contributed by atoms with Crippen molar-refractivity contribution in [3.8, 4) is 0 Å². The SMILES string of the molecule is CCCc1cccs1.CCc1cccs1.CCc1ccsc1. The molecule has 0 aliphatic carbocycles. The van der Waals surface area contributed by atoms with E-state index >= 15 is 0 Å². The number of aryl methyl sites for hydroxylation is 3. The molecule has 0 fully saturated rings. The lowest BCUT2D eigenvalue weighted by atomic mass is 10.3. The topological polar surface area (TPSA) is 0 Å². The minimum Gasteiger partial charge on any atom is -0.152 e. The van der Waals surface area contributed by atoms with Crippen molar-refractivity contribution in [1.29, 1.82) is 0 Å². The zero-order valence-corrected chi connectivity index (χ0v) is 16.2. The highest BCUT2D eigenvalue weighted by Gasteiger charge is 1.87. The Morgan fingerprint density at radius 3 is 1.77 bits per heavy atom. The smallest absolute Gasteiger partial charge is 0.00451 e. The van der Waals surface area contributed by atoms with Gasteiger partial charge in [0, 0.05) is 9.75 Å². The van der Waals surface area contributed by atoms with Crippen molar-refractivity contribution in [1.82, 2.24) is 0 Å². The van der Waals surface area contributed by atoms with Gasteiger partial charge in [0.2, 0.25) is 0 Å². The third kappa shape index (κ3) is 8.52. The van der Waals surface area contributed by atoms with Crippen LogP contribution in [0.5, 0.6) is 0 Å². The Morgan fingerprint density at radius 1 is 0.773 bits per heavy atom. The van der Waals surface area contributed by atoms with Crippen molar-refractivity contribution in [3.63, 3.8) is 0 Å². The Bertz CT molecular complexity index is 499. The fourth-order valence-corrected chi connectivity index (χ4v) is 3.93. The third-order valence-electron chi connectivity index (χ3n) is 2.99. The Morgan fingerprint density at radius 2 is 1.45 bits per heavy atom. The standard InChI is InChI=1S/C7H10S.2C6H8S/c1-2-4-7-5-3-6-8-7;1-2-6-3-4-7-5-6;1-2-6-4-3-5-7-6/h3,5-6H,2,4H2,1H3;2*3-5H,2H2,1H3. The van der Waals surface area contributed by atoms with Crippen molar-refractivity contribution >= 4 is 34.0 Å². The third-order valence-corrected chi connectivity index (χ3v) is 5.68. The van der Waals surface area contributed by atoms with Crippen molar-refractivity contribution in [2.24, 2.45) is 0 Å². The van der Waals surface area contributed by atoms with Gasteiger partial charge in [0.25, 0.3) is 0 Å². The number of thiophene rings is 3. The van der Waals surface area contributed by atoms with Crippen LogP contribution in [0.15, 0.2) is 51.9 Å². The van der Waals surface area contributed by atoms with Gasteiger partial charge >= 0.3 is 0 Å². The highest BCUT2D eigenvalue weighted by atomic mass is 32.1. The van der Waals surface area contributed by atoms with E-state index in [0.29, 0.717) is 0 Å². The monoisotopic (exact) mass is 350 g/mol. The molecule has 22 heavy (non-hydrogen) atoms. The molecule has 3 heterocycles. The molecule has 0 atom stereocenters. The van der Waals surface area contributed by atoms with Crippen LogP contribution in [-0.4, -0.2) is 0 Å². The van der Waals surface area contributed by atoms with Gasteiger partial charge in [-0.25, -0.2) is 0 Å². The molecule has 0 spiro atoms. The summed E-state index contributed by atoms with van der Waals surface area (Å²) in [6.07, 6.45) is 4.86. The maximum absolute atomic E-state index is 2.21. The Labute approximate surface area is 147 Å². The van der Waals surface area contributed by atoms with Crippen LogP contribution in [0.3, 0.4) is 0 Å². The first-order chi connectivity index (χ1) is 10.8. The number of hydrogen-bond acceptors (Lipinski definition) is 3. The molecule has 0 saturated heterocycles. The van der Waals surface area contributed by atoms with Gasteiger partial charge in [0.1, 0.15) is 0 Å². The number of hydrogen-bond donors (Lipinski definition) is 0. The summed E-state index contributed by atoms with van der Waals surface area (Å²) < 4.78 is 0. The normalized spacial score (nSPS) is 9.41. The highest BCUT2D eigenvalue weighted by molar-refractivity contribution is 7.10. The summed E-state index contributed by atoms with van der Waals surface area (Å²) in [4.78, 5) is 2.98. The van der Waals surface area contributed by atoms with Crippen LogP contribution in [0.25, 0.3) is 0 Å². The second-order valence-electron chi connectivity index (χ2n) is 4.75. The Kier molecular flexibility index (Phi) is 11.0. The first-order valence-electron chi connectivity index (χ1n) is 7.85. The molecule has 3 aromatic heterocycles. The molecule has 0 aliphatic heterocycles. The average molecular weight is 351 g/mol. The second-order valence-corrected chi connectivity index (χ2v) is 7.59. The summed E-state index contributed by atoms with van der Waals surface area (Å²) in [5.41, 5.74) is 1.45. The van der Waals surface area contributed by atoms with Crippen LogP contribution >= 0.6 is 34.0 Å². The van der Waals surface area contributed by atoms with Gasteiger partial charge < -0.3 is 0 Å². The van der Waals surface area contributed by atoms with Crippen LogP contribution in [0.4, 0.5) is 0 Å². The predicted molar refractivity (Wildman–Crippen MR) is 106 cm³/mol. The fourth-order valence-electron chi connectivity index (χ4n) is 1.71. The lowest BCUT2D eigenvalue weighted by Gasteiger charge is -1.85. The lowest BCUT2D eigenvalue weighted by molar-refractivity contribution is 0.940. The van der Waals surface area contributed by atoms with Gasteiger partial charge in [-0.15, -0.1) is 22.7 Å². The minimum atomic E-state index is 1.17. The van der Waals surface area contributed by atoms with Gasteiger partial charge in [-0.3, -0.25) is 0 Å². The molecule has 0 aliphatic rings. The second kappa shape index (κ2) is 12.6. The van der Waals surface area contributed by atoms with Crippen LogP contribution in [-0.2, 0) is 19.3 Å². The molecule has 3 heteroatoms. The maximum atomic E-state index is 2.21. The summed E-state index contributed by atoms with van der Waals surface area (Å²) in [6, 6.07) is 10.7. The van der Waals surface area contributed by atoms with E-state index in [1.54, 1.807) is 11.3 Å². The molecule has 3 aromatic rings. The zero-order valence-electron chi connectivity index (χ0n) is 13.7. The van der Waals surface area contributed by atoms with Crippen molar-refractivity contribution in [2.45, 2.75) is 46.5 Å². The predicted octanol–water partition coefficient (Wildman–Crippen LogP) is 7.32. The maximum Gasteiger partial charge on any atom is 0.00451 e. The molecule has 0 nitrogen and oxygen atoms in total. The van der Waals surface area contributed by atoms with E-state index in [9.17, 15) is 0 Å². The summed E-state index contributed by atoms with van der Waals surface area (Å²) in [5.74, 6) is 0. The van der Waals surface area contributed by atoms with Crippen molar-refractivity contribution in [2.75, 3.05) is 0 Å². The fraction of sp³-hybridized carbons (Fsp3) is 0.368. The molecule has 0 bridgehead atoms. The van der Waals surface area contributed by atoms with E-state index in [1.165, 1.54) is 41.0 Å². The Hall–Kier alpha value is -0.900.